The van der Waals surface area contributed by atoms with Gasteiger partial charge in [-0.15, -0.1) is 0 Å². The normalized spacial score (nSPS) is 18.2. The minimum absolute atomic E-state index is 0.191. The smallest absolute Gasteiger partial charge is 0.338 e. The first-order chi connectivity index (χ1) is 23.1. The summed E-state index contributed by atoms with van der Waals surface area (Å²) in [6.45, 7) is 3.41. The number of imide groups is 1. The molecule has 2 aliphatic rings. The topological polar surface area (TPSA) is 141 Å². The Hall–Kier alpha value is -5.08. The number of hydrogen-bond donors (Lipinski definition) is 1. The molecule has 1 saturated heterocycles. The van der Waals surface area contributed by atoms with E-state index in [1.807, 2.05) is 0 Å². The van der Waals surface area contributed by atoms with E-state index in [0.717, 1.165) is 28.0 Å². The Labute approximate surface area is 281 Å². The van der Waals surface area contributed by atoms with Gasteiger partial charge in [0.25, 0.3) is 0 Å². The summed E-state index contributed by atoms with van der Waals surface area (Å²) in [5.41, 5.74) is 1.77. The summed E-state index contributed by atoms with van der Waals surface area (Å²) in [6.07, 6.45) is 0. The summed E-state index contributed by atoms with van der Waals surface area (Å²) in [5.74, 6) is -4.78. The molecule has 1 aromatic heterocycles. The van der Waals surface area contributed by atoms with Crippen LogP contribution >= 0.6 is 23.1 Å². The quantitative estimate of drug-likeness (QED) is 0.193. The highest BCUT2D eigenvalue weighted by atomic mass is 32.2. The molecule has 0 spiro atoms. The van der Waals surface area contributed by atoms with Crippen LogP contribution in [0.25, 0.3) is 0 Å². The van der Waals surface area contributed by atoms with E-state index in [4.69, 9.17) is 9.47 Å². The third kappa shape index (κ3) is 6.16. The van der Waals surface area contributed by atoms with Crippen molar-refractivity contribution in [3.05, 3.63) is 110 Å². The van der Waals surface area contributed by atoms with Crippen LogP contribution in [0.2, 0.25) is 0 Å². The maximum atomic E-state index is 14.1. The summed E-state index contributed by atoms with van der Waals surface area (Å²) in [5, 5.41) is 2.13. The molecule has 0 radical (unpaired) electrons. The average molecular weight is 690 g/mol. The number of benzene rings is 3. The number of carbonyl (C=O) groups is 5. The van der Waals surface area contributed by atoms with E-state index in [9.17, 15) is 33.2 Å². The third-order valence-corrected chi connectivity index (χ3v) is 10.5. The predicted molar refractivity (Wildman–Crippen MR) is 176 cm³/mol. The van der Waals surface area contributed by atoms with E-state index in [-0.39, 0.29) is 31.0 Å². The molecule has 4 aromatic rings. The lowest BCUT2D eigenvalue weighted by molar-refractivity contribution is -0.122. The van der Waals surface area contributed by atoms with Crippen LogP contribution in [0.5, 0.6) is 0 Å². The summed E-state index contributed by atoms with van der Waals surface area (Å²) in [7, 11) is 0. The third-order valence-electron chi connectivity index (χ3n) is 7.90. The summed E-state index contributed by atoms with van der Waals surface area (Å²) in [6, 6.07) is 17.6. The molecule has 3 heterocycles. The fraction of sp³-hybridized carbons (Fsp3) is 0.235. The SMILES string of the molecule is CCOC(=O)c1ccc(NC(=O)Cn2c3c(sc2=O)C(c2ccc(F)cc2)C2C(=O)N(c4ccc(C(=O)OCC)cc4)C(=O)C2S3)cc1. The zero-order valence-electron chi connectivity index (χ0n) is 25.6. The Morgan fingerprint density at radius 1 is 0.812 bits per heavy atom. The lowest BCUT2D eigenvalue weighted by Crippen LogP contribution is -2.33. The molecule has 3 unspecified atom stereocenters. The Morgan fingerprint density at radius 3 is 1.98 bits per heavy atom. The standard InChI is InChI=1S/C34H28FN3O8S2/c1-3-45-32(42)19-7-13-22(14-8-19)36-24(39)17-37-31-28(48-34(37)44)25(18-5-11-21(35)12-6-18)26-27(47-31)30(41)38(29(26)40)23-15-9-20(10-16-23)33(43)46-4-2/h5-16,25-27H,3-4,17H2,1-2H3,(H,36,39). The second-order valence-corrected chi connectivity index (χ2v) is 13.0. The maximum Gasteiger partial charge on any atom is 0.338 e. The molecule has 14 heteroatoms. The Bertz CT molecular complexity index is 1970. The van der Waals surface area contributed by atoms with Crippen LogP contribution in [0.15, 0.2) is 82.6 Å². The monoisotopic (exact) mass is 689 g/mol. The lowest BCUT2D eigenvalue weighted by atomic mass is 9.83. The molecular formula is C34H28FN3O8S2. The maximum absolute atomic E-state index is 14.1. The molecule has 6 rings (SSSR count). The second kappa shape index (κ2) is 13.6. The van der Waals surface area contributed by atoms with Crippen LogP contribution in [0.1, 0.15) is 50.9 Å². The van der Waals surface area contributed by atoms with Crippen molar-refractivity contribution in [2.45, 2.75) is 36.6 Å². The van der Waals surface area contributed by atoms with Crippen molar-refractivity contribution in [2.24, 2.45) is 5.92 Å². The number of amides is 3. The molecule has 0 saturated carbocycles. The van der Waals surface area contributed by atoms with Gasteiger partial charge in [-0.3, -0.25) is 23.7 Å². The van der Waals surface area contributed by atoms with Gasteiger partial charge in [0.2, 0.25) is 17.7 Å². The lowest BCUT2D eigenvalue weighted by Gasteiger charge is -2.30. The van der Waals surface area contributed by atoms with Crippen LogP contribution in [-0.2, 0) is 30.4 Å². The highest BCUT2D eigenvalue weighted by Gasteiger charge is 2.56. The Balaban J connectivity index is 1.31. The number of nitrogens with one attached hydrogen (secondary N) is 1. The van der Waals surface area contributed by atoms with Crippen LogP contribution < -0.4 is 15.1 Å². The molecule has 0 aliphatic carbocycles. The molecule has 2 aliphatic heterocycles. The van der Waals surface area contributed by atoms with Gasteiger partial charge in [-0.1, -0.05) is 35.2 Å². The number of ether oxygens (including phenoxy) is 2. The summed E-state index contributed by atoms with van der Waals surface area (Å²) in [4.78, 5) is 79.7. The van der Waals surface area contributed by atoms with Gasteiger partial charge in [0, 0.05) is 16.5 Å². The van der Waals surface area contributed by atoms with Gasteiger partial charge in [0.15, 0.2) is 0 Å². The molecule has 48 heavy (non-hydrogen) atoms. The van der Waals surface area contributed by atoms with E-state index >= 15 is 0 Å². The Kier molecular flexibility index (Phi) is 9.29. The number of anilines is 2. The molecule has 246 valence electrons. The first-order valence-corrected chi connectivity index (χ1v) is 16.7. The van der Waals surface area contributed by atoms with Crippen molar-refractivity contribution >= 4 is 64.1 Å². The van der Waals surface area contributed by atoms with Crippen molar-refractivity contribution in [1.82, 2.24) is 4.57 Å². The Morgan fingerprint density at radius 2 is 1.40 bits per heavy atom. The van der Waals surface area contributed by atoms with Crippen molar-refractivity contribution < 1.29 is 37.8 Å². The highest BCUT2D eigenvalue weighted by Crippen LogP contribution is 2.53. The molecule has 1 N–H and O–H groups in total. The van der Waals surface area contributed by atoms with Gasteiger partial charge in [-0.25, -0.2) is 18.9 Å². The average Bonchev–Trinajstić information content (AvgIpc) is 3.52. The summed E-state index contributed by atoms with van der Waals surface area (Å²) >= 11 is 1.91. The van der Waals surface area contributed by atoms with Gasteiger partial charge in [-0.2, -0.15) is 0 Å². The number of fused-ring (bicyclic) bond motifs is 2. The van der Waals surface area contributed by atoms with Gasteiger partial charge in [-0.05, 0) is 80.1 Å². The van der Waals surface area contributed by atoms with Crippen LogP contribution in [0, 0.1) is 11.7 Å². The van der Waals surface area contributed by atoms with E-state index in [1.54, 1.807) is 13.8 Å². The fourth-order valence-corrected chi connectivity index (χ4v) is 8.52. The molecule has 3 aromatic carbocycles. The number of hydrogen-bond acceptors (Lipinski definition) is 10. The van der Waals surface area contributed by atoms with Gasteiger partial charge in [0.1, 0.15) is 17.6 Å². The summed E-state index contributed by atoms with van der Waals surface area (Å²) < 4.78 is 25.3. The molecule has 3 amide bonds. The second-order valence-electron chi connectivity index (χ2n) is 10.8. The first-order valence-electron chi connectivity index (χ1n) is 15.0. The highest BCUT2D eigenvalue weighted by molar-refractivity contribution is 8.00. The number of thioether (sulfide) groups is 1. The van der Waals surface area contributed by atoms with Gasteiger partial charge < -0.3 is 14.8 Å². The fourth-order valence-electron chi connectivity index (χ4n) is 5.75. The van der Waals surface area contributed by atoms with Crippen LogP contribution in [0.4, 0.5) is 15.8 Å². The van der Waals surface area contributed by atoms with E-state index < -0.39 is 57.4 Å². The number of halogens is 1. The van der Waals surface area contributed by atoms with E-state index in [2.05, 4.69) is 5.32 Å². The van der Waals surface area contributed by atoms with Crippen molar-refractivity contribution in [2.75, 3.05) is 23.4 Å². The number of thiazole rings is 1. The number of carbonyl (C=O) groups excluding carboxylic acids is 5. The minimum Gasteiger partial charge on any atom is -0.462 e. The van der Waals surface area contributed by atoms with Gasteiger partial charge in [0.05, 0.1) is 41.0 Å². The van der Waals surface area contributed by atoms with Crippen molar-refractivity contribution in [1.29, 1.82) is 0 Å². The van der Waals surface area contributed by atoms with E-state index in [1.165, 1.54) is 77.4 Å². The van der Waals surface area contributed by atoms with E-state index in [0.29, 0.717) is 26.7 Å². The number of aromatic nitrogens is 1. The largest absolute Gasteiger partial charge is 0.462 e. The zero-order valence-corrected chi connectivity index (χ0v) is 27.3. The van der Waals surface area contributed by atoms with Crippen molar-refractivity contribution in [3.8, 4) is 0 Å². The van der Waals surface area contributed by atoms with Crippen molar-refractivity contribution in [3.63, 3.8) is 0 Å². The zero-order chi connectivity index (χ0) is 34.1. The molecule has 0 bridgehead atoms. The molecule has 1 fully saturated rings. The minimum atomic E-state index is -0.955. The van der Waals surface area contributed by atoms with Gasteiger partial charge >= 0.3 is 16.8 Å². The number of rotatable bonds is 9. The molecular weight excluding hydrogens is 662 g/mol. The number of esters is 2. The number of nitrogens with zero attached hydrogens (tertiary/aromatic N) is 2. The molecule has 3 atom stereocenters. The predicted octanol–water partition coefficient (Wildman–Crippen LogP) is 4.84. The molecule has 11 nitrogen and oxygen atoms in total. The van der Waals surface area contributed by atoms with Crippen LogP contribution in [0.3, 0.4) is 0 Å². The van der Waals surface area contributed by atoms with Crippen LogP contribution in [-0.4, -0.2) is 52.7 Å². The first kappa shape index (κ1) is 32.8.